The van der Waals surface area contributed by atoms with Crippen LogP contribution in [0.15, 0.2) is 0 Å². The highest BCUT2D eigenvalue weighted by molar-refractivity contribution is 7.47. The van der Waals surface area contributed by atoms with Crippen molar-refractivity contribution in [2.75, 3.05) is 39.6 Å². The van der Waals surface area contributed by atoms with Crippen molar-refractivity contribution in [1.82, 2.24) is 0 Å². The summed E-state index contributed by atoms with van der Waals surface area (Å²) < 4.78 is 68.7. The van der Waals surface area contributed by atoms with E-state index in [-0.39, 0.29) is 25.7 Å². The average molecular weight is 1470 g/mol. The summed E-state index contributed by atoms with van der Waals surface area (Å²) in [4.78, 5) is 73.0. The van der Waals surface area contributed by atoms with Gasteiger partial charge in [-0.05, 0) is 31.6 Å². The summed E-state index contributed by atoms with van der Waals surface area (Å²) in [5.41, 5.74) is 0. The van der Waals surface area contributed by atoms with Gasteiger partial charge in [0, 0.05) is 25.7 Å². The molecule has 0 aromatic carbocycles. The van der Waals surface area contributed by atoms with Crippen molar-refractivity contribution >= 4 is 39.5 Å². The number of phosphoric acid groups is 2. The molecule has 0 saturated carbocycles. The SMILES string of the molecule is CCCCCCCCCCCCCCCCCCCCCCC(=O)O[C@H](COC(=O)CCCCCCCCCCCCCCCCC)COP(=O)(O)OC[C@@H](O)COP(=O)(O)OC[C@@H](COC(=O)CCCCCCCCCC(C)C)OC(=O)CCCCCCCCCCCCCCCCC. The van der Waals surface area contributed by atoms with Crippen molar-refractivity contribution in [2.45, 2.75) is 451 Å². The number of carbonyl (C=O) groups excluding carboxylic acids is 4. The summed E-state index contributed by atoms with van der Waals surface area (Å²) in [6.07, 6.45) is 65.3. The Kier molecular flexibility index (Phi) is 72.5. The number of ether oxygens (including phenoxy) is 4. The van der Waals surface area contributed by atoms with Crippen LogP contribution in [-0.4, -0.2) is 96.7 Å². The van der Waals surface area contributed by atoms with Crippen LogP contribution in [-0.2, 0) is 65.4 Å². The van der Waals surface area contributed by atoms with Gasteiger partial charge in [0.15, 0.2) is 12.2 Å². The number of carbonyl (C=O) groups is 4. The number of aliphatic hydroxyl groups excluding tert-OH is 1. The highest BCUT2D eigenvalue weighted by atomic mass is 31.2. The van der Waals surface area contributed by atoms with Gasteiger partial charge in [0.1, 0.15) is 19.3 Å². The predicted molar refractivity (Wildman–Crippen MR) is 409 cm³/mol. The van der Waals surface area contributed by atoms with Crippen molar-refractivity contribution in [1.29, 1.82) is 0 Å². The van der Waals surface area contributed by atoms with E-state index >= 15 is 0 Å². The van der Waals surface area contributed by atoms with Gasteiger partial charge >= 0.3 is 39.5 Å². The fraction of sp³-hybridized carbons (Fsp3) is 0.951. The molecule has 0 amide bonds. The van der Waals surface area contributed by atoms with Crippen LogP contribution in [0.3, 0.4) is 0 Å². The molecule has 100 heavy (non-hydrogen) atoms. The van der Waals surface area contributed by atoms with Crippen LogP contribution in [0.1, 0.15) is 433 Å². The number of hydrogen-bond donors (Lipinski definition) is 3. The molecule has 3 N–H and O–H groups in total. The van der Waals surface area contributed by atoms with Gasteiger partial charge in [-0.1, -0.05) is 381 Å². The maximum atomic E-state index is 13.1. The van der Waals surface area contributed by atoms with Crippen molar-refractivity contribution in [3.8, 4) is 0 Å². The van der Waals surface area contributed by atoms with Crippen LogP contribution < -0.4 is 0 Å². The van der Waals surface area contributed by atoms with Crippen molar-refractivity contribution in [3.63, 3.8) is 0 Å². The lowest BCUT2D eigenvalue weighted by Gasteiger charge is -2.21. The van der Waals surface area contributed by atoms with Gasteiger partial charge in [0.05, 0.1) is 26.4 Å². The summed E-state index contributed by atoms with van der Waals surface area (Å²) in [6, 6.07) is 0. The van der Waals surface area contributed by atoms with E-state index in [1.54, 1.807) is 0 Å². The standard InChI is InChI=1S/C81H158O17P2/c1-6-9-12-15-18-21-24-27-30-31-32-33-34-37-40-43-46-51-57-62-67-80(85)97-76(70-91-78(83)64-59-54-49-44-41-38-35-28-25-22-19-16-13-10-7-2)72-95-99(87,88)93-68-75(82)69-94-100(89,90)96-73-77(71-92-79(84)65-60-55-52-47-48-53-58-63-74(4)5)98-81(86)66-61-56-50-45-42-39-36-29-26-23-20-17-14-11-8-3/h74-77,82H,6-73H2,1-5H3,(H,87,88)(H,89,90)/t75-,76-,77-/m1/s1. The van der Waals surface area contributed by atoms with Crippen LogP contribution in [0.5, 0.6) is 0 Å². The van der Waals surface area contributed by atoms with Gasteiger partial charge in [-0.2, -0.15) is 0 Å². The van der Waals surface area contributed by atoms with E-state index in [0.29, 0.717) is 31.6 Å². The van der Waals surface area contributed by atoms with Gasteiger partial charge in [-0.25, -0.2) is 9.13 Å². The lowest BCUT2D eigenvalue weighted by molar-refractivity contribution is -0.161. The molecule has 0 aliphatic rings. The largest absolute Gasteiger partial charge is 0.472 e. The fourth-order valence-corrected chi connectivity index (χ4v) is 14.2. The summed E-state index contributed by atoms with van der Waals surface area (Å²) in [5, 5.41) is 10.6. The molecule has 0 radical (unpaired) electrons. The van der Waals surface area contributed by atoms with E-state index in [2.05, 4.69) is 34.6 Å². The fourth-order valence-electron chi connectivity index (χ4n) is 12.6. The molecule has 2 unspecified atom stereocenters. The van der Waals surface area contributed by atoms with E-state index in [9.17, 15) is 43.2 Å². The number of esters is 4. The Bertz CT molecular complexity index is 1910. The Morgan fingerprint density at radius 2 is 0.460 bits per heavy atom. The van der Waals surface area contributed by atoms with Crippen molar-refractivity contribution < 1.29 is 80.2 Å². The number of hydrogen-bond acceptors (Lipinski definition) is 15. The third-order valence-corrected chi connectivity index (χ3v) is 20.9. The zero-order valence-corrected chi connectivity index (χ0v) is 67.1. The Labute approximate surface area is 613 Å². The van der Waals surface area contributed by atoms with Crippen molar-refractivity contribution in [3.05, 3.63) is 0 Å². The van der Waals surface area contributed by atoms with Gasteiger partial charge in [0.25, 0.3) is 0 Å². The normalized spacial score (nSPS) is 13.8. The van der Waals surface area contributed by atoms with E-state index < -0.39 is 97.5 Å². The number of phosphoric ester groups is 2. The lowest BCUT2D eigenvalue weighted by Crippen LogP contribution is -2.30. The van der Waals surface area contributed by atoms with Gasteiger partial charge in [-0.3, -0.25) is 37.3 Å². The molecular formula is C81H158O17P2. The second kappa shape index (κ2) is 73.9. The molecule has 0 heterocycles. The quantitative estimate of drug-likeness (QED) is 0.0222. The first-order chi connectivity index (χ1) is 48.5. The lowest BCUT2D eigenvalue weighted by atomic mass is 10.0. The number of rotatable bonds is 81. The number of unbranched alkanes of at least 4 members (excludes halogenated alkanes) is 53. The van der Waals surface area contributed by atoms with Gasteiger partial charge in [-0.15, -0.1) is 0 Å². The molecule has 0 rings (SSSR count). The first kappa shape index (κ1) is 98.1. The zero-order valence-electron chi connectivity index (χ0n) is 65.3. The molecule has 0 bridgehead atoms. The summed E-state index contributed by atoms with van der Waals surface area (Å²) in [5.74, 6) is -1.40. The molecule has 17 nitrogen and oxygen atoms in total. The second-order valence-electron chi connectivity index (χ2n) is 29.6. The monoisotopic (exact) mass is 1470 g/mol. The van der Waals surface area contributed by atoms with Crippen LogP contribution in [0.2, 0.25) is 0 Å². The summed E-state index contributed by atoms with van der Waals surface area (Å²) in [7, 11) is -9.92. The van der Waals surface area contributed by atoms with E-state index in [4.69, 9.17) is 37.0 Å². The average Bonchev–Trinajstić information content (AvgIpc) is 0.913. The highest BCUT2D eigenvalue weighted by Gasteiger charge is 2.30. The van der Waals surface area contributed by atoms with E-state index in [1.165, 1.54) is 250 Å². The summed E-state index contributed by atoms with van der Waals surface area (Å²) in [6.45, 7) is 7.28. The molecule has 0 fully saturated rings. The molecular weight excluding hydrogens is 1310 g/mol. The molecule has 0 aliphatic carbocycles. The maximum absolute atomic E-state index is 13.1. The Hall–Kier alpha value is -1.94. The second-order valence-corrected chi connectivity index (χ2v) is 32.5. The molecule has 0 aromatic rings. The first-order valence-electron chi connectivity index (χ1n) is 42.1. The van der Waals surface area contributed by atoms with E-state index in [1.807, 2.05) is 0 Å². The minimum Gasteiger partial charge on any atom is -0.462 e. The van der Waals surface area contributed by atoms with Crippen LogP contribution in [0.4, 0.5) is 0 Å². The zero-order chi connectivity index (χ0) is 73.4. The molecule has 0 saturated heterocycles. The molecule has 19 heteroatoms. The Balaban J connectivity index is 5.23. The molecule has 0 aromatic heterocycles. The molecule has 0 aliphatic heterocycles. The Morgan fingerprint density at radius 3 is 0.680 bits per heavy atom. The topological polar surface area (TPSA) is 237 Å². The number of aliphatic hydroxyl groups is 1. The third kappa shape index (κ3) is 74.3. The molecule has 594 valence electrons. The minimum atomic E-state index is -4.96. The van der Waals surface area contributed by atoms with E-state index in [0.717, 1.165) is 96.3 Å². The Morgan fingerprint density at radius 1 is 0.270 bits per heavy atom. The van der Waals surface area contributed by atoms with Gasteiger partial charge < -0.3 is 33.8 Å². The molecule has 5 atom stereocenters. The van der Waals surface area contributed by atoms with Crippen molar-refractivity contribution in [2.24, 2.45) is 5.92 Å². The van der Waals surface area contributed by atoms with Crippen LogP contribution in [0, 0.1) is 5.92 Å². The van der Waals surface area contributed by atoms with Crippen LogP contribution in [0.25, 0.3) is 0 Å². The molecule has 0 spiro atoms. The highest BCUT2D eigenvalue weighted by Crippen LogP contribution is 2.45. The van der Waals surface area contributed by atoms with Gasteiger partial charge in [0.2, 0.25) is 0 Å². The minimum absolute atomic E-state index is 0.108. The van der Waals surface area contributed by atoms with Crippen LogP contribution >= 0.6 is 15.6 Å². The third-order valence-electron chi connectivity index (χ3n) is 19.0. The predicted octanol–water partition coefficient (Wildman–Crippen LogP) is 24.4. The smallest absolute Gasteiger partial charge is 0.462 e. The first-order valence-corrected chi connectivity index (χ1v) is 45.1. The maximum Gasteiger partial charge on any atom is 0.472 e. The summed E-state index contributed by atoms with van der Waals surface area (Å²) >= 11 is 0.